The second-order valence-corrected chi connectivity index (χ2v) is 13.4. The van der Waals surface area contributed by atoms with Crippen molar-refractivity contribution in [2.45, 2.75) is 31.3 Å². The SMILES string of the molecule is O=C1C=CC(=O)OC(C(=O)c2ccc(C(F)(F)F)cc2)(c2ccc(Oc3ccc4c(ccn4CC(O)N4CCN(Cc5ccc6c(c5)OCO6)CC4)c3)nc2)O1. The fourth-order valence-corrected chi connectivity index (χ4v) is 6.82. The highest BCUT2D eigenvalue weighted by molar-refractivity contribution is 6.06. The molecule has 1 saturated heterocycles. The van der Waals surface area contributed by atoms with E-state index in [0.29, 0.717) is 37.5 Å². The minimum atomic E-state index is -4.66. The summed E-state index contributed by atoms with van der Waals surface area (Å²) in [6, 6.07) is 19.1. The van der Waals surface area contributed by atoms with Gasteiger partial charge in [0.2, 0.25) is 12.7 Å². The first-order valence-corrected chi connectivity index (χ1v) is 17.6. The summed E-state index contributed by atoms with van der Waals surface area (Å²) in [5, 5.41) is 12.0. The number of piperazine rings is 1. The van der Waals surface area contributed by atoms with E-state index >= 15 is 0 Å². The van der Waals surface area contributed by atoms with Crippen molar-refractivity contribution in [1.82, 2.24) is 19.4 Å². The van der Waals surface area contributed by atoms with Gasteiger partial charge in [0.25, 0.3) is 5.78 Å². The summed E-state index contributed by atoms with van der Waals surface area (Å²) in [5.41, 5.74) is 0.512. The van der Waals surface area contributed by atoms with Gasteiger partial charge in [0.1, 0.15) is 12.0 Å². The van der Waals surface area contributed by atoms with Crippen molar-refractivity contribution >= 4 is 28.6 Å². The predicted molar refractivity (Wildman–Crippen MR) is 190 cm³/mol. The molecule has 13 nitrogen and oxygen atoms in total. The van der Waals surface area contributed by atoms with E-state index in [9.17, 15) is 32.7 Å². The van der Waals surface area contributed by atoms with E-state index < -0.39 is 41.5 Å². The number of Topliss-reactive ketones (excluding diaryl/α,β-unsaturated/α-hetero) is 1. The molecule has 8 rings (SSSR count). The van der Waals surface area contributed by atoms with Crippen LogP contribution in [0.4, 0.5) is 13.2 Å². The van der Waals surface area contributed by atoms with Crippen LogP contribution in [0.3, 0.4) is 0 Å². The van der Waals surface area contributed by atoms with Crippen molar-refractivity contribution in [3.63, 3.8) is 0 Å². The number of aromatic nitrogens is 2. The molecule has 1 atom stereocenters. The highest BCUT2D eigenvalue weighted by Gasteiger charge is 2.50. The number of ether oxygens (including phenoxy) is 5. The number of esters is 2. The lowest BCUT2D eigenvalue weighted by molar-refractivity contribution is -0.205. The quantitative estimate of drug-likeness (QED) is 0.144. The summed E-state index contributed by atoms with van der Waals surface area (Å²) in [6.07, 6.45) is -0.825. The number of pyridine rings is 1. The third-order valence-electron chi connectivity index (χ3n) is 9.73. The number of aliphatic hydroxyl groups excluding tert-OH is 1. The van der Waals surface area contributed by atoms with E-state index in [1.807, 2.05) is 41.1 Å². The van der Waals surface area contributed by atoms with Crippen molar-refractivity contribution in [3.05, 3.63) is 126 Å². The van der Waals surface area contributed by atoms with E-state index in [4.69, 9.17) is 23.7 Å². The van der Waals surface area contributed by atoms with Crippen molar-refractivity contribution in [3.8, 4) is 23.1 Å². The van der Waals surface area contributed by atoms with E-state index in [1.54, 1.807) is 12.1 Å². The zero-order valence-corrected chi connectivity index (χ0v) is 29.5. The normalized spacial score (nSPS) is 17.6. The number of carbonyl (C=O) groups is 3. The molecule has 1 unspecified atom stereocenters. The molecule has 0 spiro atoms. The first kappa shape index (κ1) is 36.7. The van der Waals surface area contributed by atoms with Gasteiger partial charge in [-0.15, -0.1) is 0 Å². The summed E-state index contributed by atoms with van der Waals surface area (Å²) >= 11 is 0. The van der Waals surface area contributed by atoms with Crippen molar-refractivity contribution in [2.75, 3.05) is 33.0 Å². The number of rotatable bonds is 10. The minimum Gasteiger partial charge on any atom is -0.454 e. The lowest BCUT2D eigenvalue weighted by atomic mass is 9.96. The molecule has 5 aromatic rings. The van der Waals surface area contributed by atoms with Crippen LogP contribution in [0.2, 0.25) is 0 Å². The van der Waals surface area contributed by atoms with E-state index in [-0.39, 0.29) is 23.8 Å². The van der Waals surface area contributed by atoms with Crippen molar-refractivity contribution in [1.29, 1.82) is 0 Å². The largest absolute Gasteiger partial charge is 0.454 e. The van der Waals surface area contributed by atoms with Gasteiger partial charge < -0.3 is 33.4 Å². The molecule has 0 saturated carbocycles. The summed E-state index contributed by atoms with van der Waals surface area (Å²) in [6.45, 7) is 4.40. The summed E-state index contributed by atoms with van der Waals surface area (Å²) in [4.78, 5) is 47.3. The maximum atomic E-state index is 13.7. The minimum absolute atomic E-state index is 0.0714. The number of ketones is 1. The first-order chi connectivity index (χ1) is 26.9. The van der Waals surface area contributed by atoms with Gasteiger partial charge >= 0.3 is 23.9 Å². The Bertz CT molecular complexity index is 2300. The molecule has 3 aliphatic rings. The number of alkyl halides is 3. The Hall–Kier alpha value is -6.23. The first-order valence-electron chi connectivity index (χ1n) is 17.6. The number of benzene rings is 3. The molecule has 0 bridgehead atoms. The summed E-state index contributed by atoms with van der Waals surface area (Å²) in [7, 11) is 0. The number of fused-ring (bicyclic) bond motifs is 2. The number of cyclic esters (lactones) is 2. The highest BCUT2D eigenvalue weighted by atomic mass is 19.4. The molecule has 3 aliphatic heterocycles. The number of hydrogen-bond donors (Lipinski definition) is 1. The average molecular weight is 771 g/mol. The molecular weight excluding hydrogens is 737 g/mol. The lowest BCUT2D eigenvalue weighted by Gasteiger charge is -2.37. The Labute approximate surface area is 317 Å². The van der Waals surface area contributed by atoms with Crippen LogP contribution in [-0.2, 0) is 44.1 Å². The van der Waals surface area contributed by atoms with E-state index in [0.717, 1.165) is 78.1 Å². The topological polar surface area (TPSA) is 142 Å². The number of carbonyl (C=O) groups excluding carboxylic acids is 3. The molecule has 16 heteroatoms. The molecule has 0 aliphatic carbocycles. The Morgan fingerprint density at radius 2 is 1.61 bits per heavy atom. The second kappa shape index (κ2) is 14.8. The van der Waals surface area contributed by atoms with Crippen LogP contribution in [-0.4, -0.2) is 81.4 Å². The molecular formula is C40H33F3N4O9. The molecule has 5 heterocycles. The summed E-state index contributed by atoms with van der Waals surface area (Å²) < 4.78 is 69.0. The van der Waals surface area contributed by atoms with Gasteiger partial charge in [0.15, 0.2) is 11.5 Å². The van der Waals surface area contributed by atoms with Gasteiger partial charge in [-0.25, -0.2) is 14.6 Å². The highest BCUT2D eigenvalue weighted by Crippen LogP contribution is 2.37. The van der Waals surface area contributed by atoms with Gasteiger partial charge in [-0.3, -0.25) is 14.6 Å². The van der Waals surface area contributed by atoms with Crippen LogP contribution in [0.15, 0.2) is 103 Å². The third-order valence-corrected chi connectivity index (χ3v) is 9.73. The van der Waals surface area contributed by atoms with E-state index in [1.165, 1.54) is 12.1 Å². The Kier molecular flexibility index (Phi) is 9.70. The van der Waals surface area contributed by atoms with Crippen LogP contribution in [0.25, 0.3) is 10.9 Å². The van der Waals surface area contributed by atoms with Crippen LogP contribution >= 0.6 is 0 Å². The van der Waals surface area contributed by atoms with Crippen molar-refractivity contribution < 1.29 is 56.3 Å². The maximum Gasteiger partial charge on any atom is 0.416 e. The van der Waals surface area contributed by atoms with E-state index in [2.05, 4.69) is 14.8 Å². The number of halogens is 3. The molecule has 1 fully saturated rings. The van der Waals surface area contributed by atoms with Gasteiger partial charge in [0, 0.05) is 79.8 Å². The second-order valence-electron chi connectivity index (χ2n) is 13.4. The Balaban J connectivity index is 0.919. The van der Waals surface area contributed by atoms with Crippen LogP contribution in [0.1, 0.15) is 27.0 Å². The molecule has 1 N–H and O–H groups in total. The van der Waals surface area contributed by atoms with Gasteiger partial charge in [0.05, 0.1) is 17.7 Å². The lowest BCUT2D eigenvalue weighted by Crippen LogP contribution is -2.51. The van der Waals surface area contributed by atoms with Crippen LogP contribution in [0.5, 0.6) is 23.1 Å². The van der Waals surface area contributed by atoms with Gasteiger partial charge in [-0.2, -0.15) is 13.2 Å². The standard InChI is InChI=1S/C40H33F3N4O9/c41-40(42,43)28-4-2-26(3-5-28)38(51)39(55-36(49)11-12-37(50)56-39)29-6-10-34(44-21-29)54-30-7-8-31-27(20-30)13-14-47(31)23-35(48)46-17-15-45(16-18-46)22-25-1-9-32-33(19-25)53-24-52-32/h1-14,19-21,35,48H,15-18,22-24H2. The molecule has 0 radical (unpaired) electrons. The fraction of sp³-hybridized carbons (Fsp3) is 0.250. The van der Waals surface area contributed by atoms with Gasteiger partial charge in [-0.1, -0.05) is 18.2 Å². The fourth-order valence-electron chi connectivity index (χ4n) is 6.82. The van der Waals surface area contributed by atoms with Crippen LogP contribution < -0.4 is 14.2 Å². The monoisotopic (exact) mass is 770 g/mol. The molecule has 2 aromatic heterocycles. The van der Waals surface area contributed by atoms with Crippen molar-refractivity contribution in [2.24, 2.45) is 0 Å². The predicted octanol–water partition coefficient (Wildman–Crippen LogP) is 5.40. The molecule has 3 aromatic carbocycles. The zero-order chi connectivity index (χ0) is 39.0. The number of aliphatic hydroxyl groups is 1. The molecule has 0 amide bonds. The Morgan fingerprint density at radius 1 is 0.875 bits per heavy atom. The third kappa shape index (κ3) is 7.53. The molecule has 288 valence electrons. The summed E-state index contributed by atoms with van der Waals surface area (Å²) in [5.74, 6) is -3.97. The van der Waals surface area contributed by atoms with Gasteiger partial charge in [-0.05, 0) is 60.2 Å². The maximum absolute atomic E-state index is 13.7. The Morgan fingerprint density at radius 3 is 2.30 bits per heavy atom. The smallest absolute Gasteiger partial charge is 0.416 e. The van der Waals surface area contributed by atoms with Crippen LogP contribution in [0, 0.1) is 0 Å². The average Bonchev–Trinajstić information content (AvgIpc) is 3.79. The number of nitrogens with zero attached hydrogens (tertiary/aromatic N) is 4. The molecule has 56 heavy (non-hydrogen) atoms. The zero-order valence-electron chi connectivity index (χ0n) is 29.5. The number of hydrogen-bond acceptors (Lipinski definition) is 12.